The van der Waals surface area contributed by atoms with Gasteiger partial charge in [0.25, 0.3) is 0 Å². The van der Waals surface area contributed by atoms with E-state index in [9.17, 15) is 40.9 Å². The van der Waals surface area contributed by atoms with Gasteiger partial charge in [0.1, 0.15) is 54.9 Å². The molecule has 8 fully saturated rings. The molecule has 0 radical (unpaired) electrons. The molecule has 9 aliphatic rings. The zero-order valence-corrected chi connectivity index (χ0v) is 34.5. The quantitative estimate of drug-likeness (QED) is 0.169. The number of allylic oxidation sites excluding steroid dienone is 1. The summed E-state index contributed by atoms with van der Waals surface area (Å²) in [5.41, 5.74) is 1.77. The second-order valence-electron chi connectivity index (χ2n) is 19.8. The Morgan fingerprint density at radius 3 is 2.22 bits per heavy atom. The minimum absolute atomic E-state index is 0.0520. The van der Waals surface area contributed by atoms with E-state index in [0.29, 0.717) is 30.8 Å². The summed E-state index contributed by atoms with van der Waals surface area (Å²) >= 11 is 0. The van der Waals surface area contributed by atoms with Gasteiger partial charge in [-0.05, 0) is 74.5 Å². The lowest BCUT2D eigenvalue weighted by Gasteiger charge is -2.60. The molecule has 1 spiro atoms. The van der Waals surface area contributed by atoms with Gasteiger partial charge in [0.05, 0.1) is 44.2 Å². The summed E-state index contributed by atoms with van der Waals surface area (Å²) in [7, 11) is 0. The molecule has 9 rings (SSSR count). The van der Waals surface area contributed by atoms with Crippen molar-refractivity contribution >= 4 is 0 Å². The highest BCUT2D eigenvalue weighted by atomic mass is 16.8. The summed E-state index contributed by atoms with van der Waals surface area (Å²) in [6, 6.07) is 0. The average Bonchev–Trinajstić information content (AvgIpc) is 3.65. The lowest BCUT2D eigenvalue weighted by molar-refractivity contribution is -0.382. The van der Waals surface area contributed by atoms with E-state index >= 15 is 0 Å². The van der Waals surface area contributed by atoms with Gasteiger partial charge in [-0.15, -0.1) is 0 Å². The molecule has 8 N–H and O–H groups in total. The Kier molecular flexibility index (Phi) is 11.6. The zero-order chi connectivity index (χ0) is 41.9. The standard InChI is InChI=1S/C43H66O16/c1-18-8-11-43(54-15-18)19(2)30-28(59-43)14-25-23-7-6-21-12-22(44)13-29(42(21,5)24(23)9-10-41(25,30)4)56-40-37(58-39-35(51)33(49)31(47)20(3)55-39)36(27(46)17-53-40)57-38-34(50)32(48)26(45)16-52-38/h6,19-20,22-40,44-51H,1,7-17H2,2-5H3/t19-,20-,22+,23+,24-,25-,26+,27-,28-,29+,30-,31-,32-,33+,34+,35+,36-,37+,38-,39-,40-,41-,42-,43+/m0/s1. The van der Waals surface area contributed by atoms with Gasteiger partial charge in [-0.2, -0.15) is 0 Å². The van der Waals surface area contributed by atoms with Crippen molar-refractivity contribution in [3.63, 3.8) is 0 Å². The monoisotopic (exact) mass is 838 g/mol. The normalized spacial score (nSPS) is 57.5. The van der Waals surface area contributed by atoms with Crippen molar-refractivity contribution in [1.29, 1.82) is 0 Å². The third-order valence-corrected chi connectivity index (χ3v) is 16.7. The van der Waals surface area contributed by atoms with Crippen LogP contribution in [0.4, 0.5) is 0 Å². The Morgan fingerprint density at radius 1 is 0.763 bits per heavy atom. The van der Waals surface area contributed by atoms with E-state index in [1.54, 1.807) is 0 Å². The second-order valence-corrected chi connectivity index (χ2v) is 19.8. The van der Waals surface area contributed by atoms with E-state index in [0.717, 1.165) is 49.7 Å². The maximum atomic E-state index is 11.4. The minimum atomic E-state index is -1.72. The molecule has 16 heteroatoms. The van der Waals surface area contributed by atoms with E-state index < -0.39 is 103 Å². The Bertz CT molecular complexity index is 1590. The van der Waals surface area contributed by atoms with E-state index in [1.807, 2.05) is 0 Å². The molecule has 0 unspecified atom stereocenters. The molecule has 24 atom stereocenters. The van der Waals surface area contributed by atoms with E-state index in [-0.39, 0.29) is 43.0 Å². The largest absolute Gasteiger partial charge is 0.393 e. The van der Waals surface area contributed by atoms with Crippen LogP contribution in [0.15, 0.2) is 23.8 Å². The highest BCUT2D eigenvalue weighted by molar-refractivity contribution is 5.29. The molecule has 334 valence electrons. The van der Waals surface area contributed by atoms with E-state index in [2.05, 4.69) is 33.4 Å². The number of rotatable bonds is 6. The molecule has 0 aromatic carbocycles. The fourth-order valence-corrected chi connectivity index (χ4v) is 13.4. The predicted octanol–water partition coefficient (Wildman–Crippen LogP) is 0.383. The van der Waals surface area contributed by atoms with Crippen LogP contribution >= 0.6 is 0 Å². The SMILES string of the molecule is C=C1CC[C@@]2(OC1)O[C@H]1C[C@H]3[C@@H]4CC=C5C[C@@H](O)C[C@@H](O[C@@H]6OC[C@H](O)[C@H](O[C@@H]7OC[C@@H](O)[C@H](O)[C@H]7O)[C@H]6O[C@@H]6O[C@@H](C)[C@H](O)[C@@H](O)[C@H]6O)[C@]5(C)[C@H]4CC[C@]3(C)[C@H]1[C@@H]2C. The molecule has 59 heavy (non-hydrogen) atoms. The number of fused-ring (bicyclic) bond motifs is 7. The molecule has 4 aliphatic carbocycles. The van der Waals surface area contributed by atoms with Crippen LogP contribution < -0.4 is 0 Å². The van der Waals surface area contributed by atoms with Crippen LogP contribution in [0.3, 0.4) is 0 Å². The molecule has 0 aromatic rings. The zero-order valence-electron chi connectivity index (χ0n) is 34.5. The number of aliphatic hydroxyl groups excluding tert-OH is 8. The van der Waals surface area contributed by atoms with Gasteiger partial charge >= 0.3 is 0 Å². The molecule has 0 aromatic heterocycles. The highest BCUT2D eigenvalue weighted by Gasteiger charge is 2.69. The summed E-state index contributed by atoms with van der Waals surface area (Å²) in [4.78, 5) is 0. The first-order valence-corrected chi connectivity index (χ1v) is 21.9. The first-order valence-electron chi connectivity index (χ1n) is 21.9. The third-order valence-electron chi connectivity index (χ3n) is 16.7. The molecule has 16 nitrogen and oxygen atoms in total. The number of ether oxygens (including phenoxy) is 8. The van der Waals surface area contributed by atoms with Crippen molar-refractivity contribution < 1.29 is 78.7 Å². The maximum absolute atomic E-state index is 11.4. The molecule has 5 saturated heterocycles. The van der Waals surface area contributed by atoms with Gasteiger partial charge in [-0.25, -0.2) is 0 Å². The number of hydrogen-bond donors (Lipinski definition) is 8. The first-order chi connectivity index (χ1) is 28.0. The predicted molar refractivity (Wildman–Crippen MR) is 204 cm³/mol. The summed E-state index contributed by atoms with van der Waals surface area (Å²) in [6.07, 6.45) is -11.4. The fourth-order valence-electron chi connectivity index (χ4n) is 13.4. The molecule has 0 bridgehead atoms. The molecular formula is C43H66O16. The smallest absolute Gasteiger partial charge is 0.187 e. The average molecular weight is 839 g/mol. The summed E-state index contributed by atoms with van der Waals surface area (Å²) < 4.78 is 50.4. The van der Waals surface area contributed by atoms with Crippen molar-refractivity contribution in [3.05, 3.63) is 23.8 Å². The first kappa shape index (κ1) is 43.1. The highest BCUT2D eigenvalue weighted by Crippen LogP contribution is 2.71. The topological polar surface area (TPSA) is 236 Å². The van der Waals surface area contributed by atoms with E-state index in [1.165, 1.54) is 6.92 Å². The van der Waals surface area contributed by atoms with Crippen LogP contribution in [-0.4, -0.2) is 165 Å². The van der Waals surface area contributed by atoms with Crippen LogP contribution in [0.2, 0.25) is 0 Å². The summed E-state index contributed by atoms with van der Waals surface area (Å²) in [5, 5.41) is 86.2. The molecule has 5 heterocycles. The van der Waals surface area contributed by atoms with Crippen molar-refractivity contribution in [3.8, 4) is 0 Å². The van der Waals surface area contributed by atoms with Gasteiger partial charge < -0.3 is 78.7 Å². The Morgan fingerprint density at radius 2 is 1.47 bits per heavy atom. The van der Waals surface area contributed by atoms with Gasteiger partial charge in [0.2, 0.25) is 0 Å². The van der Waals surface area contributed by atoms with Gasteiger partial charge in [-0.1, -0.05) is 44.6 Å². The Balaban J connectivity index is 0.994. The van der Waals surface area contributed by atoms with Crippen molar-refractivity contribution in [2.24, 2.45) is 40.4 Å². The lowest BCUT2D eigenvalue weighted by atomic mass is 9.46. The van der Waals surface area contributed by atoms with Crippen molar-refractivity contribution in [2.45, 2.75) is 183 Å². The maximum Gasteiger partial charge on any atom is 0.187 e. The Labute approximate surface area is 345 Å². The van der Waals surface area contributed by atoms with Crippen LogP contribution in [-0.2, 0) is 37.9 Å². The summed E-state index contributed by atoms with van der Waals surface area (Å²) in [5.74, 6) is 0.989. The van der Waals surface area contributed by atoms with Crippen LogP contribution in [0.5, 0.6) is 0 Å². The van der Waals surface area contributed by atoms with Crippen LogP contribution in [0, 0.1) is 40.4 Å². The summed E-state index contributed by atoms with van der Waals surface area (Å²) in [6.45, 7) is 12.6. The second kappa shape index (κ2) is 15.8. The number of hydrogen-bond acceptors (Lipinski definition) is 16. The number of aliphatic hydroxyl groups is 8. The van der Waals surface area contributed by atoms with Crippen LogP contribution in [0.1, 0.15) is 79.1 Å². The fraction of sp³-hybridized carbons (Fsp3) is 0.907. The van der Waals surface area contributed by atoms with E-state index in [4.69, 9.17) is 37.9 Å². The van der Waals surface area contributed by atoms with Crippen LogP contribution in [0.25, 0.3) is 0 Å². The van der Waals surface area contributed by atoms with Crippen molar-refractivity contribution in [2.75, 3.05) is 19.8 Å². The molecule has 5 aliphatic heterocycles. The van der Waals surface area contributed by atoms with Gasteiger partial charge in [-0.3, -0.25) is 0 Å². The lowest BCUT2D eigenvalue weighted by Crippen LogP contribution is -2.65. The Hall–Kier alpha value is -1.16. The molecule has 3 saturated carbocycles. The molecular weight excluding hydrogens is 772 g/mol. The minimum Gasteiger partial charge on any atom is -0.393 e. The molecule has 0 amide bonds. The van der Waals surface area contributed by atoms with Crippen molar-refractivity contribution in [1.82, 2.24) is 0 Å². The van der Waals surface area contributed by atoms with Gasteiger partial charge in [0, 0.05) is 24.2 Å². The van der Waals surface area contributed by atoms with Gasteiger partial charge in [0.15, 0.2) is 24.7 Å². The third kappa shape index (κ3) is 6.95.